The summed E-state index contributed by atoms with van der Waals surface area (Å²) in [6.07, 6.45) is 0. The van der Waals surface area contributed by atoms with Crippen LogP contribution in [-0.2, 0) is 5.75 Å². The first-order valence-corrected chi connectivity index (χ1v) is 6.63. The molecule has 0 aliphatic carbocycles. The van der Waals surface area contributed by atoms with Gasteiger partial charge >= 0.3 is 5.97 Å². The average Bonchev–Trinajstić information content (AvgIpc) is 2.68. The normalized spacial score (nSPS) is 10.6. The van der Waals surface area contributed by atoms with Gasteiger partial charge < -0.3 is 9.52 Å². The largest absolute Gasteiger partial charge is 0.475 e. The molecule has 1 heterocycles. The lowest BCUT2D eigenvalue weighted by molar-refractivity contribution is 0.0659. The Bertz CT molecular complexity index is 577. The zero-order valence-corrected chi connectivity index (χ0v) is 11.2. The number of hydrogen-bond acceptors (Lipinski definition) is 3. The molecule has 94 valence electrons. The Morgan fingerprint density at radius 1 is 1.44 bits per heavy atom. The van der Waals surface area contributed by atoms with E-state index in [-0.39, 0.29) is 5.76 Å². The second-order valence-corrected chi connectivity index (χ2v) is 5.26. The molecule has 0 unspecified atom stereocenters. The summed E-state index contributed by atoms with van der Waals surface area (Å²) in [4.78, 5) is 11.9. The van der Waals surface area contributed by atoms with Crippen LogP contribution < -0.4 is 0 Å². The van der Waals surface area contributed by atoms with Gasteiger partial charge in [-0.25, -0.2) is 4.79 Å². The number of aryl methyl sites for hydroxylation is 1. The lowest BCUT2D eigenvalue weighted by atomic mass is 10.3. The van der Waals surface area contributed by atoms with Crippen LogP contribution in [0.5, 0.6) is 0 Å². The molecule has 0 saturated heterocycles. The Labute approximate surface area is 114 Å². The number of rotatable bonds is 4. The standard InChI is InChI=1S/C13H11ClO3S/c1-8-5-10(17-12(8)13(15)16)7-18-11-4-2-3-9(14)6-11/h2-6H,7H2,1H3,(H,15,16). The van der Waals surface area contributed by atoms with E-state index in [9.17, 15) is 4.79 Å². The highest BCUT2D eigenvalue weighted by atomic mass is 35.5. The molecular formula is C13H11ClO3S. The number of aromatic carboxylic acids is 1. The van der Waals surface area contributed by atoms with Gasteiger partial charge in [0, 0.05) is 15.5 Å². The van der Waals surface area contributed by atoms with Crippen LogP contribution in [0.4, 0.5) is 0 Å². The maximum Gasteiger partial charge on any atom is 0.372 e. The van der Waals surface area contributed by atoms with Crippen molar-refractivity contribution in [2.75, 3.05) is 0 Å². The summed E-state index contributed by atoms with van der Waals surface area (Å²) < 4.78 is 5.27. The molecule has 18 heavy (non-hydrogen) atoms. The van der Waals surface area contributed by atoms with Gasteiger partial charge in [-0.2, -0.15) is 0 Å². The minimum Gasteiger partial charge on any atom is -0.475 e. The Hall–Kier alpha value is -1.39. The Balaban J connectivity index is 2.06. The molecule has 5 heteroatoms. The van der Waals surface area contributed by atoms with E-state index in [0.717, 1.165) is 4.90 Å². The monoisotopic (exact) mass is 282 g/mol. The summed E-state index contributed by atoms with van der Waals surface area (Å²) in [6.45, 7) is 1.72. The van der Waals surface area contributed by atoms with Crippen LogP contribution in [-0.4, -0.2) is 11.1 Å². The van der Waals surface area contributed by atoms with Crippen LogP contribution in [0.15, 0.2) is 39.6 Å². The second-order valence-electron chi connectivity index (χ2n) is 3.78. The van der Waals surface area contributed by atoms with E-state index in [0.29, 0.717) is 22.1 Å². The number of hydrogen-bond donors (Lipinski definition) is 1. The van der Waals surface area contributed by atoms with Crippen LogP contribution in [0, 0.1) is 6.92 Å². The summed E-state index contributed by atoms with van der Waals surface area (Å²) in [5.41, 5.74) is 0.643. The number of furan rings is 1. The van der Waals surface area contributed by atoms with Crippen molar-refractivity contribution in [2.45, 2.75) is 17.6 Å². The van der Waals surface area contributed by atoms with Crippen molar-refractivity contribution in [3.05, 3.63) is 52.4 Å². The highest BCUT2D eigenvalue weighted by Crippen LogP contribution is 2.27. The first kappa shape index (κ1) is 13.1. The molecule has 1 aromatic carbocycles. The zero-order valence-electron chi connectivity index (χ0n) is 9.64. The topological polar surface area (TPSA) is 50.4 Å². The first-order valence-electron chi connectivity index (χ1n) is 5.27. The average molecular weight is 283 g/mol. The molecule has 2 rings (SSSR count). The Morgan fingerprint density at radius 2 is 2.22 bits per heavy atom. The molecule has 0 aliphatic rings. The lowest BCUT2D eigenvalue weighted by Gasteiger charge is -1.99. The number of halogens is 1. The molecule has 0 fully saturated rings. The third-order valence-electron chi connectivity index (χ3n) is 2.34. The van der Waals surface area contributed by atoms with Crippen LogP contribution in [0.3, 0.4) is 0 Å². The predicted molar refractivity (Wildman–Crippen MR) is 71.4 cm³/mol. The number of carboxylic acid groups (broad SMARTS) is 1. The smallest absolute Gasteiger partial charge is 0.372 e. The van der Waals surface area contributed by atoms with Crippen molar-refractivity contribution in [3.8, 4) is 0 Å². The molecule has 2 aromatic rings. The van der Waals surface area contributed by atoms with Gasteiger partial charge in [-0.05, 0) is 31.2 Å². The van der Waals surface area contributed by atoms with Crippen molar-refractivity contribution < 1.29 is 14.3 Å². The van der Waals surface area contributed by atoms with Crippen molar-refractivity contribution in [2.24, 2.45) is 0 Å². The highest BCUT2D eigenvalue weighted by molar-refractivity contribution is 7.98. The van der Waals surface area contributed by atoms with Crippen molar-refractivity contribution in [1.82, 2.24) is 0 Å². The molecular weight excluding hydrogens is 272 g/mol. The Kier molecular flexibility index (Phi) is 3.99. The minimum absolute atomic E-state index is 0.0108. The molecule has 1 N–H and O–H groups in total. The summed E-state index contributed by atoms with van der Waals surface area (Å²) in [7, 11) is 0. The van der Waals surface area contributed by atoms with Gasteiger partial charge in [-0.15, -0.1) is 11.8 Å². The summed E-state index contributed by atoms with van der Waals surface area (Å²) in [5, 5.41) is 9.56. The molecule has 0 radical (unpaired) electrons. The number of carbonyl (C=O) groups is 1. The molecule has 0 bridgehead atoms. The van der Waals surface area contributed by atoms with Gasteiger partial charge in [0.1, 0.15) is 5.76 Å². The summed E-state index contributed by atoms with van der Waals surface area (Å²) >= 11 is 7.43. The van der Waals surface area contributed by atoms with E-state index in [1.807, 2.05) is 24.3 Å². The fourth-order valence-electron chi connectivity index (χ4n) is 1.54. The van der Waals surface area contributed by atoms with Gasteiger partial charge in [0.2, 0.25) is 5.76 Å². The van der Waals surface area contributed by atoms with Gasteiger partial charge in [0.25, 0.3) is 0 Å². The van der Waals surface area contributed by atoms with E-state index in [1.165, 1.54) is 0 Å². The fraction of sp³-hybridized carbons (Fsp3) is 0.154. The van der Waals surface area contributed by atoms with Crippen molar-refractivity contribution >= 4 is 29.3 Å². The van der Waals surface area contributed by atoms with Crippen molar-refractivity contribution in [3.63, 3.8) is 0 Å². The Morgan fingerprint density at radius 3 is 2.83 bits per heavy atom. The van der Waals surface area contributed by atoms with Crippen molar-refractivity contribution in [1.29, 1.82) is 0 Å². The fourth-order valence-corrected chi connectivity index (χ4v) is 2.63. The quantitative estimate of drug-likeness (QED) is 0.853. The molecule has 0 atom stereocenters. The number of carboxylic acids is 1. The zero-order chi connectivity index (χ0) is 13.1. The van der Waals surface area contributed by atoms with Crippen LogP contribution in [0.2, 0.25) is 5.02 Å². The van der Waals surface area contributed by atoms with Gasteiger partial charge in [-0.1, -0.05) is 17.7 Å². The number of thioether (sulfide) groups is 1. The van der Waals surface area contributed by atoms with E-state index < -0.39 is 5.97 Å². The third kappa shape index (κ3) is 3.09. The van der Waals surface area contributed by atoms with E-state index in [1.54, 1.807) is 24.8 Å². The van der Waals surface area contributed by atoms with Crippen LogP contribution in [0.25, 0.3) is 0 Å². The van der Waals surface area contributed by atoms with E-state index in [2.05, 4.69) is 0 Å². The van der Waals surface area contributed by atoms with Gasteiger partial charge in [0.05, 0.1) is 5.75 Å². The first-order chi connectivity index (χ1) is 8.56. The lowest BCUT2D eigenvalue weighted by Crippen LogP contribution is -1.94. The van der Waals surface area contributed by atoms with E-state index >= 15 is 0 Å². The molecule has 0 spiro atoms. The SMILES string of the molecule is Cc1cc(CSc2cccc(Cl)c2)oc1C(=O)O. The molecule has 1 aromatic heterocycles. The third-order valence-corrected chi connectivity index (χ3v) is 3.59. The molecule has 0 saturated carbocycles. The van der Waals surface area contributed by atoms with Gasteiger partial charge in [0.15, 0.2) is 0 Å². The predicted octanol–water partition coefficient (Wildman–Crippen LogP) is 4.23. The molecule has 3 nitrogen and oxygen atoms in total. The maximum absolute atomic E-state index is 10.8. The summed E-state index contributed by atoms with van der Waals surface area (Å²) in [6, 6.07) is 9.25. The van der Waals surface area contributed by atoms with Gasteiger partial charge in [-0.3, -0.25) is 0 Å². The minimum atomic E-state index is -1.04. The molecule has 0 amide bonds. The molecule has 0 aliphatic heterocycles. The maximum atomic E-state index is 10.8. The van der Waals surface area contributed by atoms with Crippen LogP contribution >= 0.6 is 23.4 Å². The number of benzene rings is 1. The summed E-state index contributed by atoms with van der Waals surface area (Å²) in [5.74, 6) is 0.201. The van der Waals surface area contributed by atoms with Crippen LogP contribution in [0.1, 0.15) is 21.9 Å². The highest BCUT2D eigenvalue weighted by Gasteiger charge is 2.14. The van der Waals surface area contributed by atoms with E-state index in [4.69, 9.17) is 21.1 Å². The second kappa shape index (κ2) is 5.50.